The Labute approximate surface area is 180 Å². The molecular formula is C23H26N4O2S. The molecule has 1 saturated heterocycles. The highest BCUT2D eigenvalue weighted by Crippen LogP contribution is 2.39. The van der Waals surface area contributed by atoms with Crippen molar-refractivity contribution in [2.45, 2.75) is 6.92 Å². The third-order valence-electron chi connectivity index (χ3n) is 5.11. The molecule has 0 bridgehead atoms. The molecule has 0 unspecified atom stereocenters. The standard InChI is InChI=1S/C17H20N4S.C6H6O2/c1-12-11-13-16(21-9-7-20(2)8-10-21)18-14-5-3-4-6-15(14)19-17(13)22-12;7-5-2-1-3-6(8)4-5/h3-6,11,19H,7-10H2,1-2H3;1-4,7-8H. The summed E-state index contributed by atoms with van der Waals surface area (Å²) in [5.41, 5.74) is 3.36. The molecule has 2 aliphatic heterocycles. The first-order valence-electron chi connectivity index (χ1n) is 9.96. The molecule has 0 atom stereocenters. The van der Waals surface area contributed by atoms with Gasteiger partial charge >= 0.3 is 0 Å². The normalized spacial score (nSPS) is 15.7. The van der Waals surface area contributed by atoms with Gasteiger partial charge < -0.3 is 25.3 Å². The summed E-state index contributed by atoms with van der Waals surface area (Å²) in [5.74, 6) is 1.29. The fourth-order valence-corrected chi connectivity index (χ4v) is 4.42. The van der Waals surface area contributed by atoms with E-state index in [-0.39, 0.29) is 11.5 Å². The van der Waals surface area contributed by atoms with Crippen LogP contribution in [0.15, 0.2) is 59.6 Å². The number of nitrogens with one attached hydrogen (secondary N) is 1. The predicted octanol–water partition coefficient (Wildman–Crippen LogP) is 4.54. The lowest BCUT2D eigenvalue weighted by Gasteiger charge is -2.34. The molecule has 0 amide bonds. The Morgan fingerprint density at radius 1 is 0.933 bits per heavy atom. The molecule has 3 N–H and O–H groups in total. The molecule has 156 valence electrons. The molecular weight excluding hydrogens is 396 g/mol. The van der Waals surface area contributed by atoms with Crippen molar-refractivity contribution in [1.29, 1.82) is 0 Å². The van der Waals surface area contributed by atoms with E-state index in [4.69, 9.17) is 15.2 Å². The number of aryl methyl sites for hydroxylation is 1. The highest BCUT2D eigenvalue weighted by molar-refractivity contribution is 7.16. The van der Waals surface area contributed by atoms with Crippen molar-refractivity contribution >= 4 is 33.5 Å². The smallest absolute Gasteiger partial charge is 0.139 e. The molecule has 0 aliphatic carbocycles. The number of para-hydroxylation sites is 2. The van der Waals surface area contributed by atoms with Crippen molar-refractivity contribution in [3.8, 4) is 11.5 Å². The lowest BCUT2D eigenvalue weighted by molar-refractivity contribution is 0.216. The number of likely N-dealkylation sites (N-methyl/N-ethyl adjacent to an activating group) is 1. The minimum Gasteiger partial charge on any atom is -0.508 e. The van der Waals surface area contributed by atoms with Gasteiger partial charge in [0.25, 0.3) is 0 Å². The van der Waals surface area contributed by atoms with E-state index < -0.39 is 0 Å². The molecule has 1 fully saturated rings. The van der Waals surface area contributed by atoms with Gasteiger partial charge in [-0.3, -0.25) is 0 Å². The van der Waals surface area contributed by atoms with Gasteiger partial charge in [-0.05, 0) is 44.3 Å². The molecule has 6 nitrogen and oxygen atoms in total. The van der Waals surface area contributed by atoms with Crippen LogP contribution in [0.5, 0.6) is 11.5 Å². The van der Waals surface area contributed by atoms with Crippen LogP contribution < -0.4 is 5.32 Å². The van der Waals surface area contributed by atoms with Gasteiger partial charge in [0.15, 0.2) is 0 Å². The van der Waals surface area contributed by atoms with Crippen molar-refractivity contribution in [3.05, 3.63) is 65.0 Å². The Hall–Kier alpha value is -3.03. The van der Waals surface area contributed by atoms with Crippen LogP contribution in [-0.2, 0) is 0 Å². The first-order valence-corrected chi connectivity index (χ1v) is 10.8. The number of nitrogens with zero attached hydrogens (tertiary/aromatic N) is 3. The van der Waals surface area contributed by atoms with Gasteiger partial charge in [-0.15, -0.1) is 11.3 Å². The van der Waals surface area contributed by atoms with E-state index in [2.05, 4.69) is 59.4 Å². The molecule has 7 heteroatoms. The van der Waals surface area contributed by atoms with Gasteiger partial charge in [-0.25, -0.2) is 4.99 Å². The number of aromatic hydroxyl groups is 2. The summed E-state index contributed by atoms with van der Waals surface area (Å²) in [5, 5.41) is 22.1. The zero-order valence-corrected chi connectivity index (χ0v) is 18.0. The second kappa shape index (κ2) is 8.77. The minimum atomic E-state index is 0.0880. The zero-order valence-electron chi connectivity index (χ0n) is 17.2. The third kappa shape index (κ3) is 4.58. The van der Waals surface area contributed by atoms with Gasteiger partial charge in [-0.1, -0.05) is 18.2 Å². The SMILES string of the molecule is Cc1cc2c(s1)Nc1ccccc1N=C2N1CCN(C)CC1.Oc1cccc(O)c1. The van der Waals surface area contributed by atoms with Gasteiger partial charge in [0.1, 0.15) is 22.3 Å². The summed E-state index contributed by atoms with van der Waals surface area (Å²) in [6, 6.07) is 16.4. The van der Waals surface area contributed by atoms with Gasteiger partial charge in [0.2, 0.25) is 0 Å². The van der Waals surface area contributed by atoms with Crippen molar-refractivity contribution in [2.24, 2.45) is 4.99 Å². The molecule has 5 rings (SSSR count). The molecule has 2 aromatic carbocycles. The number of phenols is 2. The monoisotopic (exact) mass is 422 g/mol. The van der Waals surface area contributed by atoms with E-state index in [1.54, 1.807) is 17.4 Å². The average molecular weight is 423 g/mol. The summed E-state index contributed by atoms with van der Waals surface area (Å²) >= 11 is 1.81. The Kier molecular flexibility index (Phi) is 5.92. The lowest BCUT2D eigenvalue weighted by Crippen LogP contribution is -2.47. The second-order valence-electron chi connectivity index (χ2n) is 7.49. The van der Waals surface area contributed by atoms with Gasteiger partial charge in [0.05, 0.1) is 16.9 Å². The van der Waals surface area contributed by atoms with E-state index in [0.29, 0.717) is 0 Å². The fraction of sp³-hybridized carbons (Fsp3) is 0.261. The van der Waals surface area contributed by atoms with Gasteiger partial charge in [-0.2, -0.15) is 0 Å². The number of rotatable bonds is 0. The fourth-order valence-electron chi connectivity index (χ4n) is 3.50. The van der Waals surface area contributed by atoms with Crippen LogP contribution in [0.2, 0.25) is 0 Å². The molecule has 0 spiro atoms. The molecule has 30 heavy (non-hydrogen) atoms. The van der Waals surface area contributed by atoms with E-state index in [0.717, 1.165) is 43.4 Å². The number of hydrogen-bond acceptors (Lipinski definition) is 7. The van der Waals surface area contributed by atoms with Crippen LogP contribution in [0.3, 0.4) is 0 Å². The van der Waals surface area contributed by atoms with Crippen molar-refractivity contribution < 1.29 is 10.2 Å². The van der Waals surface area contributed by atoms with Crippen LogP contribution in [-0.4, -0.2) is 59.1 Å². The quantitative estimate of drug-likeness (QED) is 0.496. The highest BCUT2D eigenvalue weighted by Gasteiger charge is 2.25. The van der Waals surface area contributed by atoms with Crippen molar-refractivity contribution in [1.82, 2.24) is 9.80 Å². The summed E-state index contributed by atoms with van der Waals surface area (Å²) in [7, 11) is 2.18. The Morgan fingerprint density at radius 2 is 1.63 bits per heavy atom. The Bertz CT molecular complexity index is 1040. The number of fused-ring (bicyclic) bond motifs is 2. The van der Waals surface area contributed by atoms with E-state index in [9.17, 15) is 0 Å². The number of aliphatic imine (C=N–C) groups is 1. The minimum absolute atomic E-state index is 0.0880. The number of hydrogen-bond donors (Lipinski definition) is 3. The van der Waals surface area contributed by atoms with Crippen molar-refractivity contribution in [2.75, 3.05) is 38.5 Å². The molecule has 3 heterocycles. The second-order valence-corrected chi connectivity index (χ2v) is 8.74. The maximum atomic E-state index is 8.65. The maximum Gasteiger partial charge on any atom is 0.139 e. The van der Waals surface area contributed by atoms with Crippen molar-refractivity contribution in [3.63, 3.8) is 0 Å². The summed E-state index contributed by atoms with van der Waals surface area (Å²) in [6.07, 6.45) is 0. The van der Waals surface area contributed by atoms with Crippen LogP contribution in [0.25, 0.3) is 0 Å². The molecule has 0 saturated carbocycles. The zero-order chi connectivity index (χ0) is 21.1. The Morgan fingerprint density at radius 3 is 2.30 bits per heavy atom. The number of benzene rings is 2. The van der Waals surface area contributed by atoms with Crippen LogP contribution in [0, 0.1) is 6.92 Å². The Balaban J connectivity index is 0.000000230. The molecule has 2 aliphatic rings. The van der Waals surface area contributed by atoms with Crippen LogP contribution in [0.4, 0.5) is 16.4 Å². The molecule has 0 radical (unpaired) electrons. The first-order chi connectivity index (χ1) is 14.5. The number of phenolic OH excluding ortho intramolecular Hbond substituents is 2. The number of thiophene rings is 1. The van der Waals surface area contributed by atoms with E-state index in [1.807, 2.05) is 0 Å². The molecule has 1 aromatic heterocycles. The van der Waals surface area contributed by atoms with E-state index >= 15 is 0 Å². The first kappa shape index (κ1) is 20.3. The van der Waals surface area contributed by atoms with Crippen LogP contribution in [0.1, 0.15) is 10.4 Å². The summed E-state index contributed by atoms with van der Waals surface area (Å²) in [4.78, 5) is 11.1. The third-order valence-corrected chi connectivity index (χ3v) is 6.07. The summed E-state index contributed by atoms with van der Waals surface area (Å²) in [6.45, 7) is 6.41. The largest absolute Gasteiger partial charge is 0.508 e. The van der Waals surface area contributed by atoms with E-state index in [1.165, 1.54) is 33.6 Å². The molecule has 3 aromatic rings. The number of amidine groups is 1. The number of anilines is 2. The van der Waals surface area contributed by atoms with Gasteiger partial charge in [0, 0.05) is 37.1 Å². The predicted molar refractivity (Wildman–Crippen MR) is 124 cm³/mol. The maximum absolute atomic E-state index is 8.65. The summed E-state index contributed by atoms with van der Waals surface area (Å²) < 4.78 is 0. The topological polar surface area (TPSA) is 71.3 Å². The highest BCUT2D eigenvalue weighted by atomic mass is 32.1. The number of piperazine rings is 1. The average Bonchev–Trinajstić information content (AvgIpc) is 3.01. The van der Waals surface area contributed by atoms with Crippen LogP contribution >= 0.6 is 11.3 Å². The lowest BCUT2D eigenvalue weighted by atomic mass is 10.2.